The van der Waals surface area contributed by atoms with Crippen molar-refractivity contribution in [2.24, 2.45) is 0 Å². The van der Waals surface area contributed by atoms with Gasteiger partial charge in [-0.25, -0.2) is 0 Å². The Kier molecular flexibility index (Phi) is 5.32. The third-order valence-electron chi connectivity index (χ3n) is 3.46. The number of amides is 1. The molecule has 124 valence electrons. The van der Waals surface area contributed by atoms with E-state index in [0.717, 1.165) is 16.0 Å². The summed E-state index contributed by atoms with van der Waals surface area (Å²) < 4.78 is 5.64. The van der Waals surface area contributed by atoms with Crippen LogP contribution in [0.25, 0.3) is 11.5 Å². The van der Waals surface area contributed by atoms with Crippen molar-refractivity contribution >= 4 is 29.0 Å². The Morgan fingerprint density at radius 1 is 1.29 bits per heavy atom. The Hall–Kier alpha value is -2.12. The van der Waals surface area contributed by atoms with Gasteiger partial charge in [-0.2, -0.15) is 0 Å². The van der Waals surface area contributed by atoms with E-state index in [1.54, 1.807) is 11.3 Å². The van der Waals surface area contributed by atoms with Crippen molar-refractivity contribution in [3.05, 3.63) is 52.2 Å². The smallest absolute Gasteiger partial charge is 0.277 e. The van der Waals surface area contributed by atoms with Gasteiger partial charge in [0.1, 0.15) is 0 Å². The van der Waals surface area contributed by atoms with Crippen LogP contribution in [0.5, 0.6) is 0 Å². The van der Waals surface area contributed by atoms with Crippen LogP contribution >= 0.6 is 23.1 Å². The quantitative estimate of drug-likeness (QED) is 0.672. The maximum Gasteiger partial charge on any atom is 0.277 e. The molecule has 2 aromatic heterocycles. The lowest BCUT2D eigenvalue weighted by molar-refractivity contribution is -0.119. The summed E-state index contributed by atoms with van der Waals surface area (Å²) in [6, 6.07) is 11.8. The number of nitrogens with zero attached hydrogens (tertiary/aromatic N) is 2. The second kappa shape index (κ2) is 7.63. The predicted molar refractivity (Wildman–Crippen MR) is 96.1 cm³/mol. The zero-order chi connectivity index (χ0) is 16.9. The maximum absolute atomic E-state index is 12.0. The summed E-state index contributed by atoms with van der Waals surface area (Å²) in [6.45, 7) is 3.96. The average molecular weight is 359 g/mol. The first-order chi connectivity index (χ1) is 11.6. The molecule has 3 rings (SSSR count). The van der Waals surface area contributed by atoms with Gasteiger partial charge in [0.2, 0.25) is 11.8 Å². The van der Waals surface area contributed by atoms with E-state index in [-0.39, 0.29) is 17.7 Å². The van der Waals surface area contributed by atoms with Crippen LogP contribution in [-0.2, 0) is 4.79 Å². The normalized spacial score (nSPS) is 12.1. The van der Waals surface area contributed by atoms with Crippen LogP contribution in [0.2, 0.25) is 0 Å². The van der Waals surface area contributed by atoms with E-state index >= 15 is 0 Å². The number of thiophene rings is 1. The van der Waals surface area contributed by atoms with Gasteiger partial charge in [-0.1, -0.05) is 36.0 Å². The number of nitrogens with one attached hydrogen (secondary N) is 1. The summed E-state index contributed by atoms with van der Waals surface area (Å²) in [4.78, 5) is 13.2. The van der Waals surface area contributed by atoms with Gasteiger partial charge in [0.25, 0.3) is 5.22 Å². The van der Waals surface area contributed by atoms with Gasteiger partial charge in [-0.15, -0.1) is 21.5 Å². The minimum atomic E-state index is -0.0588. The standard InChI is InChI=1S/C17H17N3O2S2/c1-11-6-3-4-7-13(11)16-19-20-17(22-16)24-10-15(21)18-12(2)14-8-5-9-23-14/h3-9,12H,10H2,1-2H3,(H,18,21)/t12-/m1/s1. The van der Waals surface area contributed by atoms with E-state index in [4.69, 9.17) is 4.42 Å². The SMILES string of the molecule is Cc1ccccc1-c1nnc(SCC(=O)N[C@H](C)c2cccs2)o1. The lowest BCUT2D eigenvalue weighted by Gasteiger charge is -2.11. The number of thioether (sulfide) groups is 1. The van der Waals surface area contributed by atoms with Crippen molar-refractivity contribution < 1.29 is 9.21 Å². The summed E-state index contributed by atoms with van der Waals surface area (Å²) in [5.41, 5.74) is 1.98. The van der Waals surface area contributed by atoms with Gasteiger partial charge >= 0.3 is 0 Å². The molecule has 1 aromatic carbocycles. The Morgan fingerprint density at radius 3 is 2.88 bits per heavy atom. The number of benzene rings is 1. The van der Waals surface area contributed by atoms with Gasteiger partial charge in [-0.05, 0) is 36.9 Å². The second-order valence-electron chi connectivity index (χ2n) is 5.28. The Labute approximate surface area is 148 Å². The molecule has 0 aliphatic carbocycles. The molecule has 5 nitrogen and oxygen atoms in total. The van der Waals surface area contributed by atoms with Gasteiger partial charge in [0.05, 0.1) is 11.8 Å². The second-order valence-corrected chi connectivity index (χ2v) is 7.19. The molecule has 0 aliphatic rings. The number of hydrogen-bond acceptors (Lipinski definition) is 6. The van der Waals surface area contributed by atoms with Crippen LogP contribution in [0, 0.1) is 6.92 Å². The van der Waals surface area contributed by atoms with E-state index < -0.39 is 0 Å². The molecule has 1 amide bonds. The fourth-order valence-electron chi connectivity index (χ4n) is 2.21. The average Bonchev–Trinajstić information content (AvgIpc) is 3.25. The van der Waals surface area contributed by atoms with Gasteiger partial charge in [0, 0.05) is 10.4 Å². The summed E-state index contributed by atoms with van der Waals surface area (Å²) in [5.74, 6) is 0.657. The number of carbonyl (C=O) groups excluding carboxylic acids is 1. The summed E-state index contributed by atoms with van der Waals surface area (Å²) in [5, 5.41) is 13.4. The van der Waals surface area contributed by atoms with Gasteiger partial charge in [0.15, 0.2) is 0 Å². The minimum absolute atomic E-state index is 0.00307. The summed E-state index contributed by atoms with van der Waals surface area (Å²) in [6.07, 6.45) is 0. The highest BCUT2D eigenvalue weighted by atomic mass is 32.2. The van der Waals surface area contributed by atoms with Crippen molar-refractivity contribution in [3.63, 3.8) is 0 Å². The van der Waals surface area contributed by atoms with Crippen LogP contribution in [0.1, 0.15) is 23.4 Å². The lowest BCUT2D eigenvalue weighted by Crippen LogP contribution is -2.27. The number of carbonyl (C=O) groups is 1. The number of hydrogen-bond donors (Lipinski definition) is 1. The first kappa shape index (κ1) is 16.7. The van der Waals surface area contributed by atoms with E-state index in [0.29, 0.717) is 11.1 Å². The van der Waals surface area contributed by atoms with Crippen molar-refractivity contribution in [1.29, 1.82) is 0 Å². The van der Waals surface area contributed by atoms with Gasteiger partial charge in [-0.3, -0.25) is 4.79 Å². The molecule has 0 saturated heterocycles. The molecule has 0 spiro atoms. The lowest BCUT2D eigenvalue weighted by atomic mass is 10.1. The molecule has 3 aromatic rings. The Morgan fingerprint density at radius 2 is 2.12 bits per heavy atom. The third-order valence-corrected chi connectivity index (χ3v) is 5.33. The maximum atomic E-state index is 12.0. The summed E-state index contributed by atoms with van der Waals surface area (Å²) >= 11 is 2.87. The minimum Gasteiger partial charge on any atom is -0.411 e. The monoisotopic (exact) mass is 359 g/mol. The molecule has 0 aliphatic heterocycles. The fraction of sp³-hybridized carbons (Fsp3) is 0.235. The molecule has 0 radical (unpaired) electrons. The van der Waals surface area contributed by atoms with Crippen LogP contribution in [-0.4, -0.2) is 21.9 Å². The Bertz CT molecular complexity index is 815. The first-order valence-electron chi connectivity index (χ1n) is 7.48. The molecule has 2 heterocycles. The van der Waals surface area contributed by atoms with Crippen LogP contribution in [0.15, 0.2) is 51.4 Å². The number of rotatable bonds is 6. The largest absolute Gasteiger partial charge is 0.411 e. The van der Waals surface area contributed by atoms with Crippen LogP contribution < -0.4 is 5.32 Å². The zero-order valence-corrected chi connectivity index (χ0v) is 15.0. The Balaban J connectivity index is 1.56. The molecular formula is C17H17N3O2S2. The fourth-order valence-corrected chi connectivity index (χ4v) is 3.52. The molecule has 0 bridgehead atoms. The predicted octanol–water partition coefficient (Wildman–Crippen LogP) is 4.08. The highest BCUT2D eigenvalue weighted by Gasteiger charge is 2.14. The molecular weight excluding hydrogens is 342 g/mol. The molecule has 1 atom stereocenters. The van der Waals surface area contributed by atoms with E-state index in [2.05, 4.69) is 15.5 Å². The number of aromatic nitrogens is 2. The highest BCUT2D eigenvalue weighted by Crippen LogP contribution is 2.25. The van der Waals surface area contributed by atoms with Crippen LogP contribution in [0.4, 0.5) is 0 Å². The zero-order valence-electron chi connectivity index (χ0n) is 13.4. The van der Waals surface area contributed by atoms with E-state index in [1.807, 2.05) is 55.6 Å². The van der Waals surface area contributed by atoms with Crippen molar-refractivity contribution in [2.45, 2.75) is 25.1 Å². The molecule has 0 unspecified atom stereocenters. The highest BCUT2D eigenvalue weighted by molar-refractivity contribution is 7.99. The molecule has 24 heavy (non-hydrogen) atoms. The first-order valence-corrected chi connectivity index (χ1v) is 9.35. The molecule has 7 heteroatoms. The van der Waals surface area contributed by atoms with Gasteiger partial charge < -0.3 is 9.73 Å². The van der Waals surface area contributed by atoms with Crippen molar-refractivity contribution in [2.75, 3.05) is 5.75 Å². The summed E-state index contributed by atoms with van der Waals surface area (Å²) in [7, 11) is 0. The van der Waals surface area contributed by atoms with E-state index in [9.17, 15) is 4.79 Å². The third kappa shape index (κ3) is 4.04. The van der Waals surface area contributed by atoms with Crippen molar-refractivity contribution in [1.82, 2.24) is 15.5 Å². The van der Waals surface area contributed by atoms with Crippen molar-refractivity contribution in [3.8, 4) is 11.5 Å². The van der Waals surface area contributed by atoms with E-state index in [1.165, 1.54) is 11.8 Å². The molecule has 1 N–H and O–H groups in total. The molecule has 0 fully saturated rings. The van der Waals surface area contributed by atoms with Crippen LogP contribution in [0.3, 0.4) is 0 Å². The topological polar surface area (TPSA) is 68.0 Å². The molecule has 0 saturated carbocycles. The number of aryl methyl sites for hydroxylation is 1.